The van der Waals surface area contributed by atoms with Crippen molar-refractivity contribution in [1.82, 2.24) is 4.98 Å². The molecule has 5 heteroatoms. The van der Waals surface area contributed by atoms with E-state index < -0.39 is 0 Å². The van der Waals surface area contributed by atoms with Crippen LogP contribution < -0.4 is 10.2 Å². The largest absolute Gasteiger partial charge is 0.363 e. The Morgan fingerprint density at radius 1 is 1.19 bits per heavy atom. The summed E-state index contributed by atoms with van der Waals surface area (Å²) in [5.74, 6) is 0.447. The van der Waals surface area contributed by atoms with Gasteiger partial charge < -0.3 is 10.2 Å². The van der Waals surface area contributed by atoms with E-state index >= 15 is 0 Å². The average Bonchev–Trinajstić information content (AvgIpc) is 2.41. The number of rotatable bonds is 3. The second kappa shape index (κ2) is 6.14. The molecule has 0 saturated heterocycles. The van der Waals surface area contributed by atoms with Crippen molar-refractivity contribution in [2.45, 2.75) is 13.8 Å². The highest BCUT2D eigenvalue weighted by Crippen LogP contribution is 2.20. The van der Waals surface area contributed by atoms with Gasteiger partial charge in [-0.25, -0.2) is 4.98 Å². The lowest BCUT2D eigenvalue weighted by molar-refractivity contribution is 0.102. The number of halogens is 1. The molecule has 2 aromatic rings. The minimum absolute atomic E-state index is 0.200. The SMILES string of the molecule is Cc1ccc(NC(=O)c2cc(Cl)nc(N(C)C)c2)c(C)c1. The molecule has 21 heavy (non-hydrogen) atoms. The van der Waals surface area contributed by atoms with Crippen molar-refractivity contribution < 1.29 is 4.79 Å². The van der Waals surface area contributed by atoms with Gasteiger partial charge in [0.15, 0.2) is 0 Å². The van der Waals surface area contributed by atoms with E-state index in [4.69, 9.17) is 11.6 Å². The first-order valence-corrected chi connectivity index (χ1v) is 6.98. The van der Waals surface area contributed by atoms with Gasteiger partial charge in [-0.2, -0.15) is 0 Å². The van der Waals surface area contributed by atoms with Crippen LogP contribution >= 0.6 is 11.6 Å². The number of carbonyl (C=O) groups excluding carboxylic acids is 1. The van der Waals surface area contributed by atoms with Gasteiger partial charge in [0.2, 0.25) is 0 Å². The maximum absolute atomic E-state index is 12.4. The minimum Gasteiger partial charge on any atom is -0.363 e. The van der Waals surface area contributed by atoms with Gasteiger partial charge in [-0.1, -0.05) is 29.3 Å². The number of pyridine rings is 1. The van der Waals surface area contributed by atoms with E-state index in [9.17, 15) is 4.79 Å². The van der Waals surface area contributed by atoms with Gasteiger partial charge in [0.05, 0.1) is 0 Å². The van der Waals surface area contributed by atoms with Crippen molar-refractivity contribution in [2.75, 3.05) is 24.3 Å². The molecule has 0 saturated carbocycles. The summed E-state index contributed by atoms with van der Waals surface area (Å²) in [6.45, 7) is 3.98. The van der Waals surface area contributed by atoms with Gasteiger partial charge >= 0.3 is 0 Å². The Labute approximate surface area is 129 Å². The molecule has 1 heterocycles. The van der Waals surface area contributed by atoms with Gasteiger partial charge in [0.25, 0.3) is 5.91 Å². The van der Waals surface area contributed by atoms with E-state index in [-0.39, 0.29) is 5.91 Å². The molecule has 1 aromatic heterocycles. The number of hydrogen-bond acceptors (Lipinski definition) is 3. The molecule has 0 unspecified atom stereocenters. The van der Waals surface area contributed by atoms with Crippen LogP contribution in [-0.2, 0) is 0 Å². The molecule has 110 valence electrons. The van der Waals surface area contributed by atoms with E-state index in [2.05, 4.69) is 10.3 Å². The number of anilines is 2. The summed E-state index contributed by atoms with van der Waals surface area (Å²) in [5, 5.41) is 3.20. The lowest BCUT2D eigenvalue weighted by Crippen LogP contribution is -2.16. The molecular weight excluding hydrogens is 286 g/mol. The quantitative estimate of drug-likeness (QED) is 0.880. The Morgan fingerprint density at radius 2 is 1.90 bits per heavy atom. The Bertz CT molecular complexity index is 683. The van der Waals surface area contributed by atoms with E-state index in [0.29, 0.717) is 16.5 Å². The summed E-state index contributed by atoms with van der Waals surface area (Å²) in [6, 6.07) is 9.17. The zero-order chi connectivity index (χ0) is 15.6. The fourth-order valence-corrected chi connectivity index (χ4v) is 2.20. The Hall–Kier alpha value is -2.07. The van der Waals surface area contributed by atoms with Crippen LogP contribution in [0, 0.1) is 13.8 Å². The molecule has 4 nitrogen and oxygen atoms in total. The number of nitrogens with zero attached hydrogens (tertiary/aromatic N) is 2. The van der Waals surface area contributed by atoms with Crippen LogP contribution in [0.5, 0.6) is 0 Å². The summed E-state index contributed by atoms with van der Waals surface area (Å²) in [4.78, 5) is 18.3. The van der Waals surface area contributed by atoms with E-state index in [1.165, 1.54) is 0 Å². The maximum Gasteiger partial charge on any atom is 0.255 e. The summed E-state index contributed by atoms with van der Waals surface area (Å²) in [5.41, 5.74) is 3.47. The lowest BCUT2D eigenvalue weighted by Gasteiger charge is -2.14. The smallest absolute Gasteiger partial charge is 0.255 e. The second-order valence-corrected chi connectivity index (χ2v) is 5.59. The first-order chi connectivity index (χ1) is 9.86. The molecule has 0 atom stereocenters. The molecule has 1 amide bonds. The first-order valence-electron chi connectivity index (χ1n) is 6.60. The monoisotopic (exact) mass is 303 g/mol. The number of aromatic nitrogens is 1. The highest BCUT2D eigenvalue weighted by atomic mass is 35.5. The zero-order valence-corrected chi connectivity index (χ0v) is 13.3. The van der Waals surface area contributed by atoms with E-state index in [1.54, 1.807) is 17.0 Å². The fraction of sp³-hybridized carbons (Fsp3) is 0.250. The molecule has 1 aromatic carbocycles. The van der Waals surface area contributed by atoms with Crippen LogP contribution in [0.3, 0.4) is 0 Å². The Kier molecular flexibility index (Phi) is 4.48. The van der Waals surface area contributed by atoms with Gasteiger partial charge in [0, 0.05) is 25.3 Å². The molecule has 1 N–H and O–H groups in total. The van der Waals surface area contributed by atoms with Gasteiger partial charge in [-0.3, -0.25) is 4.79 Å². The standard InChI is InChI=1S/C16H18ClN3O/c1-10-5-6-13(11(2)7-10)18-16(21)12-8-14(17)19-15(9-12)20(3)4/h5-9H,1-4H3,(H,18,21). The van der Waals surface area contributed by atoms with Crippen LogP contribution in [0.4, 0.5) is 11.5 Å². The summed E-state index contributed by atoms with van der Waals surface area (Å²) in [6.07, 6.45) is 0. The molecule has 0 fully saturated rings. The van der Waals surface area contributed by atoms with Crippen molar-refractivity contribution in [3.8, 4) is 0 Å². The van der Waals surface area contributed by atoms with Gasteiger partial charge in [-0.05, 0) is 37.6 Å². The predicted molar refractivity (Wildman–Crippen MR) is 87.4 cm³/mol. The number of amides is 1. The van der Waals surface area contributed by atoms with Gasteiger partial charge in [0.1, 0.15) is 11.0 Å². The third-order valence-corrected chi connectivity index (χ3v) is 3.32. The topological polar surface area (TPSA) is 45.2 Å². The molecule has 0 spiro atoms. The Morgan fingerprint density at radius 3 is 2.52 bits per heavy atom. The first kappa shape index (κ1) is 15.3. The van der Waals surface area contributed by atoms with Crippen molar-refractivity contribution in [2.24, 2.45) is 0 Å². The molecule has 2 rings (SSSR count). The minimum atomic E-state index is -0.200. The molecule has 0 bridgehead atoms. The second-order valence-electron chi connectivity index (χ2n) is 5.20. The van der Waals surface area contributed by atoms with E-state index in [0.717, 1.165) is 16.8 Å². The normalized spacial score (nSPS) is 10.3. The van der Waals surface area contributed by atoms with Crippen molar-refractivity contribution in [1.29, 1.82) is 0 Å². The highest BCUT2D eigenvalue weighted by molar-refractivity contribution is 6.30. The maximum atomic E-state index is 12.4. The highest BCUT2D eigenvalue weighted by Gasteiger charge is 2.11. The number of benzene rings is 1. The molecule has 0 aliphatic rings. The van der Waals surface area contributed by atoms with Crippen LogP contribution in [-0.4, -0.2) is 25.0 Å². The fourth-order valence-electron chi connectivity index (χ4n) is 1.99. The van der Waals surface area contributed by atoms with E-state index in [1.807, 2.05) is 46.1 Å². The third kappa shape index (κ3) is 3.73. The van der Waals surface area contributed by atoms with Crippen LogP contribution in [0.2, 0.25) is 5.15 Å². The van der Waals surface area contributed by atoms with Crippen molar-refractivity contribution >= 4 is 29.0 Å². The van der Waals surface area contributed by atoms with Crippen LogP contribution in [0.15, 0.2) is 30.3 Å². The summed E-state index contributed by atoms with van der Waals surface area (Å²) < 4.78 is 0. The van der Waals surface area contributed by atoms with Crippen LogP contribution in [0.25, 0.3) is 0 Å². The number of carbonyl (C=O) groups is 1. The van der Waals surface area contributed by atoms with Crippen molar-refractivity contribution in [3.05, 3.63) is 52.2 Å². The van der Waals surface area contributed by atoms with Crippen LogP contribution in [0.1, 0.15) is 21.5 Å². The number of hydrogen-bond donors (Lipinski definition) is 1. The lowest BCUT2D eigenvalue weighted by atomic mass is 10.1. The third-order valence-electron chi connectivity index (χ3n) is 3.13. The number of nitrogens with one attached hydrogen (secondary N) is 1. The Balaban J connectivity index is 2.28. The molecule has 0 aliphatic carbocycles. The molecular formula is C16H18ClN3O. The summed E-state index contributed by atoms with van der Waals surface area (Å²) >= 11 is 5.98. The number of aryl methyl sites for hydroxylation is 2. The predicted octanol–water partition coefficient (Wildman–Crippen LogP) is 3.67. The van der Waals surface area contributed by atoms with Crippen molar-refractivity contribution in [3.63, 3.8) is 0 Å². The molecule has 0 aliphatic heterocycles. The molecule has 0 radical (unpaired) electrons. The zero-order valence-electron chi connectivity index (χ0n) is 12.6. The van der Waals surface area contributed by atoms with Gasteiger partial charge in [-0.15, -0.1) is 0 Å². The summed E-state index contributed by atoms with van der Waals surface area (Å²) in [7, 11) is 3.70. The average molecular weight is 304 g/mol.